The number of likely N-dealkylation sites (tertiary alicyclic amines) is 1. The zero-order valence-electron chi connectivity index (χ0n) is 14.4. The number of carbonyl (C=O) groups is 1. The summed E-state index contributed by atoms with van der Waals surface area (Å²) < 4.78 is 13.0. The Bertz CT molecular complexity index is 477. The number of piperidine rings is 1. The molecule has 0 spiro atoms. The molecule has 3 nitrogen and oxygen atoms in total. The van der Waals surface area contributed by atoms with Gasteiger partial charge in [0.2, 0.25) is 0 Å². The standard InChI is InChI=1S/C19H29FN2O/c1-3-21(12-13-22-11-5-4-6-19(22)15-23)16(2)14-17-7-9-18(20)10-8-17/h7-10,15-16,19H,3-6,11-14H2,1-2H3. The number of aldehydes is 1. The minimum Gasteiger partial charge on any atom is -0.302 e. The van der Waals surface area contributed by atoms with E-state index in [0.717, 1.165) is 45.3 Å². The summed E-state index contributed by atoms with van der Waals surface area (Å²) in [6.07, 6.45) is 5.39. The molecule has 4 heteroatoms. The van der Waals surface area contributed by atoms with Crippen LogP contribution in [-0.4, -0.2) is 54.3 Å². The third-order valence-corrected chi connectivity index (χ3v) is 4.97. The summed E-state index contributed by atoms with van der Waals surface area (Å²) in [5.41, 5.74) is 1.17. The number of halogens is 1. The van der Waals surface area contributed by atoms with Crippen LogP contribution in [0.15, 0.2) is 24.3 Å². The molecule has 1 aromatic rings. The number of benzene rings is 1. The van der Waals surface area contributed by atoms with Crippen molar-refractivity contribution in [3.8, 4) is 0 Å². The molecule has 0 aliphatic carbocycles. The lowest BCUT2D eigenvalue weighted by Crippen LogP contribution is -2.46. The highest BCUT2D eigenvalue weighted by molar-refractivity contribution is 5.57. The molecule has 0 saturated carbocycles. The molecule has 2 rings (SSSR count). The fourth-order valence-electron chi connectivity index (χ4n) is 3.49. The Kier molecular flexibility index (Phi) is 7.18. The molecule has 0 aromatic heterocycles. The summed E-state index contributed by atoms with van der Waals surface area (Å²) in [5.74, 6) is -0.182. The summed E-state index contributed by atoms with van der Waals surface area (Å²) in [7, 11) is 0. The highest BCUT2D eigenvalue weighted by atomic mass is 19.1. The number of likely N-dealkylation sites (N-methyl/N-ethyl adjacent to an activating group) is 1. The highest BCUT2D eigenvalue weighted by Crippen LogP contribution is 2.16. The predicted octanol–water partition coefficient (Wildman–Crippen LogP) is 3.13. The van der Waals surface area contributed by atoms with Gasteiger partial charge in [0.15, 0.2) is 0 Å². The average Bonchev–Trinajstić information content (AvgIpc) is 2.58. The van der Waals surface area contributed by atoms with Gasteiger partial charge in [-0.15, -0.1) is 0 Å². The van der Waals surface area contributed by atoms with E-state index in [0.29, 0.717) is 6.04 Å². The minimum atomic E-state index is -0.182. The van der Waals surface area contributed by atoms with E-state index in [1.165, 1.54) is 30.5 Å². The van der Waals surface area contributed by atoms with Crippen molar-refractivity contribution in [1.82, 2.24) is 9.80 Å². The topological polar surface area (TPSA) is 23.6 Å². The van der Waals surface area contributed by atoms with Crippen LogP contribution in [0.2, 0.25) is 0 Å². The molecule has 0 radical (unpaired) electrons. The van der Waals surface area contributed by atoms with E-state index in [-0.39, 0.29) is 11.9 Å². The first kappa shape index (κ1) is 18.1. The second-order valence-corrected chi connectivity index (χ2v) is 6.54. The lowest BCUT2D eigenvalue weighted by molar-refractivity contribution is -0.113. The molecular weight excluding hydrogens is 291 g/mol. The minimum absolute atomic E-state index is 0.106. The van der Waals surface area contributed by atoms with Crippen molar-refractivity contribution in [2.24, 2.45) is 0 Å². The molecule has 1 aliphatic rings. The van der Waals surface area contributed by atoms with Crippen LogP contribution < -0.4 is 0 Å². The summed E-state index contributed by atoms with van der Waals surface area (Å²) in [5, 5.41) is 0. The van der Waals surface area contributed by atoms with Gasteiger partial charge in [0, 0.05) is 19.1 Å². The van der Waals surface area contributed by atoms with Crippen molar-refractivity contribution >= 4 is 6.29 Å². The monoisotopic (exact) mass is 320 g/mol. The third kappa shape index (κ3) is 5.40. The zero-order valence-corrected chi connectivity index (χ0v) is 14.4. The zero-order chi connectivity index (χ0) is 16.7. The van der Waals surface area contributed by atoms with Gasteiger partial charge in [-0.3, -0.25) is 9.80 Å². The van der Waals surface area contributed by atoms with Crippen LogP contribution >= 0.6 is 0 Å². The number of rotatable bonds is 8. The lowest BCUT2D eigenvalue weighted by Gasteiger charge is -2.35. The van der Waals surface area contributed by atoms with Gasteiger partial charge in [0.25, 0.3) is 0 Å². The molecule has 128 valence electrons. The molecule has 23 heavy (non-hydrogen) atoms. The molecule has 1 aliphatic heterocycles. The van der Waals surface area contributed by atoms with E-state index in [2.05, 4.69) is 23.6 Å². The first-order valence-corrected chi connectivity index (χ1v) is 8.82. The van der Waals surface area contributed by atoms with Gasteiger partial charge in [-0.25, -0.2) is 4.39 Å². The van der Waals surface area contributed by atoms with Gasteiger partial charge in [-0.1, -0.05) is 25.5 Å². The Hall–Kier alpha value is -1.26. The second kappa shape index (κ2) is 9.14. The highest BCUT2D eigenvalue weighted by Gasteiger charge is 2.22. The number of carbonyl (C=O) groups excluding carboxylic acids is 1. The average molecular weight is 320 g/mol. The largest absolute Gasteiger partial charge is 0.302 e. The van der Waals surface area contributed by atoms with Crippen LogP contribution in [0.1, 0.15) is 38.7 Å². The van der Waals surface area contributed by atoms with Crippen molar-refractivity contribution in [2.75, 3.05) is 26.2 Å². The van der Waals surface area contributed by atoms with Crippen LogP contribution in [0, 0.1) is 5.82 Å². The Labute approximate surface area is 139 Å². The van der Waals surface area contributed by atoms with Gasteiger partial charge >= 0.3 is 0 Å². The molecule has 2 atom stereocenters. The van der Waals surface area contributed by atoms with Crippen molar-refractivity contribution in [3.05, 3.63) is 35.6 Å². The van der Waals surface area contributed by atoms with Gasteiger partial charge in [-0.05, 0) is 57.0 Å². The van der Waals surface area contributed by atoms with Gasteiger partial charge in [0.1, 0.15) is 12.1 Å². The van der Waals surface area contributed by atoms with Gasteiger partial charge in [0.05, 0.1) is 6.04 Å². The first-order chi connectivity index (χ1) is 11.1. The third-order valence-electron chi connectivity index (χ3n) is 4.97. The van der Waals surface area contributed by atoms with E-state index in [1.807, 2.05) is 12.1 Å². The lowest BCUT2D eigenvalue weighted by atomic mass is 10.0. The SMILES string of the molecule is CCN(CCN1CCCCC1C=O)C(C)Cc1ccc(F)cc1. The molecule has 2 unspecified atom stereocenters. The van der Waals surface area contributed by atoms with Gasteiger partial charge < -0.3 is 4.79 Å². The first-order valence-electron chi connectivity index (χ1n) is 8.82. The van der Waals surface area contributed by atoms with E-state index in [1.54, 1.807) is 0 Å². The van der Waals surface area contributed by atoms with Crippen molar-refractivity contribution in [2.45, 2.75) is 51.6 Å². The van der Waals surface area contributed by atoms with Crippen LogP contribution in [0.4, 0.5) is 4.39 Å². The summed E-state index contributed by atoms with van der Waals surface area (Å²) in [4.78, 5) is 16.0. The second-order valence-electron chi connectivity index (χ2n) is 6.54. The van der Waals surface area contributed by atoms with Crippen LogP contribution in [0.3, 0.4) is 0 Å². The Morgan fingerprint density at radius 2 is 2.09 bits per heavy atom. The summed E-state index contributed by atoms with van der Waals surface area (Å²) in [6, 6.07) is 7.31. The maximum Gasteiger partial charge on any atom is 0.137 e. The fourth-order valence-corrected chi connectivity index (χ4v) is 3.49. The van der Waals surface area contributed by atoms with Crippen molar-refractivity contribution in [3.63, 3.8) is 0 Å². The molecule has 0 bridgehead atoms. The molecule has 1 saturated heterocycles. The Morgan fingerprint density at radius 1 is 1.35 bits per heavy atom. The molecule has 1 heterocycles. The molecule has 0 amide bonds. The van der Waals surface area contributed by atoms with Crippen molar-refractivity contribution in [1.29, 1.82) is 0 Å². The predicted molar refractivity (Wildman–Crippen MR) is 92.1 cm³/mol. The maximum atomic E-state index is 13.0. The Balaban J connectivity index is 1.85. The molecule has 0 N–H and O–H groups in total. The van der Waals surface area contributed by atoms with Crippen LogP contribution in [0.5, 0.6) is 0 Å². The molecule has 1 fully saturated rings. The normalized spacial score (nSPS) is 20.6. The number of hydrogen-bond acceptors (Lipinski definition) is 3. The molecule has 1 aromatic carbocycles. The van der Waals surface area contributed by atoms with Crippen LogP contribution in [0.25, 0.3) is 0 Å². The smallest absolute Gasteiger partial charge is 0.137 e. The number of nitrogens with zero attached hydrogens (tertiary/aromatic N) is 2. The molecular formula is C19H29FN2O. The fraction of sp³-hybridized carbons (Fsp3) is 0.632. The Morgan fingerprint density at radius 3 is 2.74 bits per heavy atom. The van der Waals surface area contributed by atoms with E-state index in [4.69, 9.17) is 0 Å². The maximum absolute atomic E-state index is 13.0. The number of hydrogen-bond donors (Lipinski definition) is 0. The van der Waals surface area contributed by atoms with E-state index in [9.17, 15) is 9.18 Å². The summed E-state index contributed by atoms with van der Waals surface area (Å²) >= 11 is 0. The van der Waals surface area contributed by atoms with E-state index < -0.39 is 0 Å². The van der Waals surface area contributed by atoms with Gasteiger partial charge in [-0.2, -0.15) is 0 Å². The van der Waals surface area contributed by atoms with Crippen molar-refractivity contribution < 1.29 is 9.18 Å². The summed E-state index contributed by atoms with van der Waals surface area (Å²) in [6.45, 7) is 8.35. The quantitative estimate of drug-likeness (QED) is 0.688. The van der Waals surface area contributed by atoms with E-state index >= 15 is 0 Å². The van der Waals surface area contributed by atoms with Crippen LogP contribution in [-0.2, 0) is 11.2 Å².